The molecule has 1 atom stereocenters. The average molecular weight is 210 g/mol. The molecule has 2 fully saturated rings. The van der Waals surface area contributed by atoms with Crippen LogP contribution in [0, 0.1) is 5.41 Å². The van der Waals surface area contributed by atoms with Crippen LogP contribution in [-0.4, -0.2) is 29.4 Å². The zero-order chi connectivity index (χ0) is 11.1. The fraction of sp³-hybridized carbons (Fsp3) is 0.818. The Morgan fingerprint density at radius 2 is 2.13 bits per heavy atom. The van der Waals surface area contributed by atoms with Crippen molar-refractivity contribution < 1.29 is 9.59 Å². The summed E-state index contributed by atoms with van der Waals surface area (Å²) in [5, 5.41) is 2.39. The van der Waals surface area contributed by atoms with Crippen LogP contribution in [-0.2, 0) is 4.79 Å². The molecule has 4 nitrogen and oxygen atoms in total. The van der Waals surface area contributed by atoms with Crippen molar-refractivity contribution >= 4 is 11.9 Å². The second kappa shape index (κ2) is 3.51. The van der Waals surface area contributed by atoms with Gasteiger partial charge in [0.2, 0.25) is 5.91 Å². The third kappa shape index (κ3) is 1.85. The monoisotopic (exact) mass is 210 g/mol. The first-order valence-corrected chi connectivity index (χ1v) is 5.61. The van der Waals surface area contributed by atoms with E-state index in [1.165, 1.54) is 6.42 Å². The van der Waals surface area contributed by atoms with E-state index in [0.29, 0.717) is 19.0 Å². The van der Waals surface area contributed by atoms with Gasteiger partial charge in [-0.3, -0.25) is 10.1 Å². The molecule has 84 valence electrons. The van der Waals surface area contributed by atoms with Crippen molar-refractivity contribution in [2.75, 3.05) is 6.54 Å². The van der Waals surface area contributed by atoms with E-state index in [4.69, 9.17) is 0 Å². The highest BCUT2D eigenvalue weighted by Gasteiger charge is 2.41. The molecule has 0 bridgehead atoms. The summed E-state index contributed by atoms with van der Waals surface area (Å²) in [6.07, 6.45) is 3.84. The van der Waals surface area contributed by atoms with E-state index in [1.54, 1.807) is 0 Å². The highest BCUT2D eigenvalue weighted by atomic mass is 16.2. The Morgan fingerprint density at radius 1 is 1.40 bits per heavy atom. The van der Waals surface area contributed by atoms with Crippen LogP contribution in [0.5, 0.6) is 0 Å². The lowest BCUT2D eigenvalue weighted by molar-refractivity contribution is -0.122. The van der Waals surface area contributed by atoms with E-state index in [9.17, 15) is 9.59 Å². The van der Waals surface area contributed by atoms with Crippen LogP contribution in [0.4, 0.5) is 4.79 Å². The number of nitrogens with one attached hydrogen (secondary N) is 1. The number of hydrogen-bond acceptors (Lipinski definition) is 2. The van der Waals surface area contributed by atoms with E-state index in [1.807, 2.05) is 4.90 Å². The molecule has 0 aromatic carbocycles. The van der Waals surface area contributed by atoms with Crippen LogP contribution in [0.1, 0.15) is 39.5 Å². The van der Waals surface area contributed by atoms with Gasteiger partial charge in [0.05, 0.1) is 0 Å². The Kier molecular flexibility index (Phi) is 2.44. The van der Waals surface area contributed by atoms with Gasteiger partial charge < -0.3 is 4.90 Å². The van der Waals surface area contributed by atoms with Crippen LogP contribution < -0.4 is 5.32 Å². The maximum atomic E-state index is 11.7. The molecule has 0 radical (unpaired) electrons. The minimum absolute atomic E-state index is 0.146. The normalized spacial score (nSPS) is 30.5. The molecule has 2 rings (SSSR count). The number of carbonyl (C=O) groups is 2. The fourth-order valence-corrected chi connectivity index (χ4v) is 2.76. The van der Waals surface area contributed by atoms with Crippen molar-refractivity contribution in [3.63, 3.8) is 0 Å². The van der Waals surface area contributed by atoms with Gasteiger partial charge in [-0.15, -0.1) is 0 Å². The molecule has 1 aliphatic heterocycles. The standard InChI is InChI=1S/C11H18N2O2/c1-11(2)6-3-4-8(11)13-7-5-9(14)12-10(13)15/h8H,3-7H2,1-2H3,(H,12,14,15). The molecule has 1 heterocycles. The average Bonchev–Trinajstić information content (AvgIpc) is 2.46. The third-order valence-electron chi connectivity index (χ3n) is 3.66. The second-order valence-electron chi connectivity index (χ2n) is 5.19. The molecule has 1 saturated heterocycles. The van der Waals surface area contributed by atoms with Gasteiger partial charge in [0.1, 0.15) is 0 Å². The number of imide groups is 1. The lowest BCUT2D eigenvalue weighted by Gasteiger charge is -2.39. The maximum absolute atomic E-state index is 11.7. The van der Waals surface area contributed by atoms with Gasteiger partial charge in [-0.25, -0.2) is 4.79 Å². The number of hydrogen-bond donors (Lipinski definition) is 1. The summed E-state index contributed by atoms with van der Waals surface area (Å²) in [5.74, 6) is -0.146. The van der Waals surface area contributed by atoms with E-state index in [0.717, 1.165) is 12.8 Å². The quantitative estimate of drug-likeness (QED) is 0.713. The highest BCUT2D eigenvalue weighted by molar-refractivity contribution is 5.96. The van der Waals surface area contributed by atoms with Crippen molar-refractivity contribution in [2.45, 2.75) is 45.6 Å². The number of rotatable bonds is 1. The van der Waals surface area contributed by atoms with Crippen molar-refractivity contribution in [2.24, 2.45) is 5.41 Å². The van der Waals surface area contributed by atoms with Crippen molar-refractivity contribution in [3.05, 3.63) is 0 Å². The van der Waals surface area contributed by atoms with Gasteiger partial charge in [0.25, 0.3) is 0 Å². The van der Waals surface area contributed by atoms with Crippen LogP contribution in [0.15, 0.2) is 0 Å². The summed E-state index contributed by atoms with van der Waals surface area (Å²) in [6.45, 7) is 4.99. The first-order chi connectivity index (χ1) is 7.00. The maximum Gasteiger partial charge on any atom is 0.324 e. The summed E-state index contributed by atoms with van der Waals surface area (Å²) >= 11 is 0. The summed E-state index contributed by atoms with van der Waals surface area (Å²) < 4.78 is 0. The van der Waals surface area contributed by atoms with Crippen molar-refractivity contribution in [3.8, 4) is 0 Å². The minimum Gasteiger partial charge on any atom is -0.320 e. The molecule has 2 aliphatic rings. The van der Waals surface area contributed by atoms with E-state index >= 15 is 0 Å². The van der Waals surface area contributed by atoms with Gasteiger partial charge in [-0.1, -0.05) is 20.3 Å². The van der Waals surface area contributed by atoms with E-state index in [2.05, 4.69) is 19.2 Å². The summed E-state index contributed by atoms with van der Waals surface area (Å²) in [6, 6.07) is 0.0943. The van der Waals surface area contributed by atoms with Crippen LogP contribution >= 0.6 is 0 Å². The molecule has 0 aromatic heterocycles. The Morgan fingerprint density at radius 3 is 2.67 bits per heavy atom. The van der Waals surface area contributed by atoms with Gasteiger partial charge in [0.15, 0.2) is 0 Å². The Balaban J connectivity index is 2.10. The molecule has 0 aromatic rings. The molecule has 15 heavy (non-hydrogen) atoms. The van der Waals surface area contributed by atoms with E-state index < -0.39 is 0 Å². The van der Waals surface area contributed by atoms with Crippen molar-refractivity contribution in [1.29, 1.82) is 0 Å². The number of amides is 3. The molecule has 0 spiro atoms. The summed E-state index contributed by atoms with van der Waals surface area (Å²) in [7, 11) is 0. The van der Waals surface area contributed by atoms with Crippen LogP contribution in [0.2, 0.25) is 0 Å². The fourth-order valence-electron chi connectivity index (χ4n) is 2.76. The largest absolute Gasteiger partial charge is 0.324 e. The Labute approximate surface area is 90.0 Å². The van der Waals surface area contributed by atoms with Gasteiger partial charge in [0, 0.05) is 19.0 Å². The van der Waals surface area contributed by atoms with Gasteiger partial charge in [-0.2, -0.15) is 0 Å². The molecule has 1 aliphatic carbocycles. The molecule has 1 N–H and O–H groups in total. The first-order valence-electron chi connectivity index (χ1n) is 5.61. The summed E-state index contributed by atoms with van der Waals surface area (Å²) in [4.78, 5) is 24.6. The first kappa shape index (κ1) is 10.5. The second-order valence-corrected chi connectivity index (χ2v) is 5.19. The Bertz CT molecular complexity index is 299. The predicted octanol–water partition coefficient (Wildman–Crippen LogP) is 1.51. The lowest BCUT2D eigenvalue weighted by Crippen LogP contribution is -2.55. The topological polar surface area (TPSA) is 49.4 Å². The van der Waals surface area contributed by atoms with Crippen molar-refractivity contribution in [1.82, 2.24) is 10.2 Å². The minimum atomic E-state index is -0.203. The molecular formula is C11H18N2O2. The van der Waals surface area contributed by atoms with Gasteiger partial charge in [-0.05, 0) is 18.3 Å². The zero-order valence-electron chi connectivity index (χ0n) is 9.38. The Hall–Kier alpha value is -1.06. The molecular weight excluding hydrogens is 192 g/mol. The van der Waals surface area contributed by atoms with Gasteiger partial charge >= 0.3 is 6.03 Å². The number of nitrogens with zero attached hydrogens (tertiary/aromatic N) is 1. The zero-order valence-corrected chi connectivity index (χ0v) is 9.38. The molecule has 1 saturated carbocycles. The van der Waals surface area contributed by atoms with Crippen LogP contribution in [0.25, 0.3) is 0 Å². The molecule has 3 amide bonds. The highest BCUT2D eigenvalue weighted by Crippen LogP contribution is 2.40. The van der Waals surface area contributed by atoms with E-state index in [-0.39, 0.29) is 17.4 Å². The smallest absolute Gasteiger partial charge is 0.320 e. The molecule has 1 unspecified atom stereocenters. The lowest BCUT2D eigenvalue weighted by atomic mass is 9.86. The van der Waals surface area contributed by atoms with Crippen LogP contribution in [0.3, 0.4) is 0 Å². The summed E-state index contributed by atoms with van der Waals surface area (Å²) in [5.41, 5.74) is 0.192. The third-order valence-corrected chi connectivity index (χ3v) is 3.66. The number of urea groups is 1. The predicted molar refractivity (Wildman–Crippen MR) is 56.3 cm³/mol. The SMILES string of the molecule is CC1(C)CCCC1N1CCC(=O)NC1=O. The molecule has 4 heteroatoms. The number of carbonyl (C=O) groups excluding carboxylic acids is 2.